The normalized spacial score (nSPS) is 15.1. The van der Waals surface area contributed by atoms with Crippen molar-refractivity contribution in [2.75, 3.05) is 31.6 Å². The minimum absolute atomic E-state index is 0.0537. The number of hydrogen-bond acceptors (Lipinski definition) is 4. The summed E-state index contributed by atoms with van der Waals surface area (Å²) in [4.78, 5) is 26.9. The largest absolute Gasteiger partial charge is 0.481 e. The number of benzene rings is 2. The second kappa shape index (κ2) is 9.19. The highest BCUT2D eigenvalue weighted by atomic mass is 16.5. The van der Waals surface area contributed by atoms with Crippen LogP contribution in [0.5, 0.6) is 5.75 Å². The molecule has 2 aromatic rings. The van der Waals surface area contributed by atoms with Gasteiger partial charge in [0, 0.05) is 24.3 Å². The molecule has 1 aliphatic heterocycles. The molecular weight excluding hydrogens is 344 g/mol. The van der Waals surface area contributed by atoms with Gasteiger partial charge in [-0.1, -0.05) is 31.2 Å². The number of para-hydroxylation sites is 1. The minimum atomic E-state index is -0.606. The average Bonchev–Trinajstić information content (AvgIpc) is 2.73. The van der Waals surface area contributed by atoms with E-state index in [1.54, 1.807) is 29.2 Å². The third kappa shape index (κ3) is 5.08. The predicted molar refractivity (Wildman–Crippen MR) is 103 cm³/mol. The summed E-state index contributed by atoms with van der Waals surface area (Å²) in [5.41, 5.74) is 1.13. The van der Waals surface area contributed by atoms with Crippen LogP contribution in [0.3, 0.4) is 0 Å². The number of nitrogens with one attached hydrogen (secondary N) is 1. The van der Waals surface area contributed by atoms with E-state index in [4.69, 9.17) is 9.47 Å². The number of rotatable bonds is 6. The van der Waals surface area contributed by atoms with Crippen LogP contribution in [-0.4, -0.2) is 49.1 Å². The molecule has 1 heterocycles. The van der Waals surface area contributed by atoms with Gasteiger partial charge in [-0.05, 0) is 36.8 Å². The topological polar surface area (TPSA) is 67.9 Å². The Balaban J connectivity index is 1.65. The van der Waals surface area contributed by atoms with E-state index in [1.165, 1.54) is 0 Å². The standard InChI is InChI=1S/C21H24N2O4/c1-2-19(27-18-9-4-3-5-10-18)20(24)22-17-8-6-7-16(15-17)21(25)23-11-13-26-14-12-23/h3-10,15,19H,2,11-14H2,1H3,(H,22,24)/t19-/m1/s1. The molecule has 0 aliphatic carbocycles. The number of nitrogens with zero attached hydrogens (tertiary/aromatic N) is 1. The molecule has 1 atom stereocenters. The Morgan fingerprint density at radius 2 is 1.85 bits per heavy atom. The number of ether oxygens (including phenoxy) is 2. The molecule has 0 saturated carbocycles. The van der Waals surface area contributed by atoms with Crippen molar-refractivity contribution in [1.82, 2.24) is 4.90 Å². The summed E-state index contributed by atoms with van der Waals surface area (Å²) in [6.07, 6.45) is -0.0707. The van der Waals surface area contributed by atoms with Gasteiger partial charge in [0.25, 0.3) is 11.8 Å². The van der Waals surface area contributed by atoms with Crippen LogP contribution in [0.25, 0.3) is 0 Å². The first kappa shape index (κ1) is 18.9. The third-order valence-electron chi connectivity index (χ3n) is 4.36. The Kier molecular flexibility index (Phi) is 6.44. The Morgan fingerprint density at radius 1 is 1.11 bits per heavy atom. The lowest BCUT2D eigenvalue weighted by molar-refractivity contribution is -0.122. The molecule has 1 aliphatic rings. The van der Waals surface area contributed by atoms with Crippen LogP contribution < -0.4 is 10.1 Å². The second-order valence-corrected chi connectivity index (χ2v) is 6.30. The zero-order valence-electron chi connectivity index (χ0n) is 15.4. The molecule has 6 heteroatoms. The zero-order valence-corrected chi connectivity index (χ0v) is 15.4. The smallest absolute Gasteiger partial charge is 0.265 e. The van der Waals surface area contributed by atoms with Crippen LogP contribution in [0.1, 0.15) is 23.7 Å². The van der Waals surface area contributed by atoms with Gasteiger partial charge in [-0.25, -0.2) is 0 Å². The van der Waals surface area contributed by atoms with E-state index in [1.807, 2.05) is 37.3 Å². The molecule has 6 nitrogen and oxygen atoms in total. The molecule has 0 radical (unpaired) electrons. The molecule has 0 aromatic heterocycles. The van der Waals surface area contributed by atoms with Gasteiger partial charge in [0.15, 0.2) is 6.10 Å². The van der Waals surface area contributed by atoms with Crippen molar-refractivity contribution >= 4 is 17.5 Å². The molecule has 2 aromatic carbocycles. The van der Waals surface area contributed by atoms with Gasteiger partial charge in [-0.2, -0.15) is 0 Å². The van der Waals surface area contributed by atoms with Gasteiger partial charge < -0.3 is 19.7 Å². The maximum Gasteiger partial charge on any atom is 0.265 e. The van der Waals surface area contributed by atoms with E-state index in [2.05, 4.69) is 5.32 Å². The van der Waals surface area contributed by atoms with Crippen LogP contribution in [0.2, 0.25) is 0 Å². The number of hydrogen-bond donors (Lipinski definition) is 1. The summed E-state index contributed by atoms with van der Waals surface area (Å²) in [7, 11) is 0. The molecule has 0 bridgehead atoms. The van der Waals surface area contributed by atoms with Crippen LogP contribution in [0, 0.1) is 0 Å². The maximum atomic E-state index is 12.6. The molecule has 1 N–H and O–H groups in total. The van der Waals surface area contributed by atoms with Gasteiger partial charge in [0.2, 0.25) is 0 Å². The Labute approximate surface area is 159 Å². The molecule has 0 spiro atoms. The summed E-state index contributed by atoms with van der Waals surface area (Å²) in [6.45, 7) is 4.16. The molecule has 2 amide bonds. The summed E-state index contributed by atoms with van der Waals surface area (Å²) < 4.78 is 11.1. The van der Waals surface area contributed by atoms with Crippen molar-refractivity contribution < 1.29 is 19.1 Å². The molecule has 1 saturated heterocycles. The van der Waals surface area contributed by atoms with Crippen LogP contribution in [-0.2, 0) is 9.53 Å². The molecular formula is C21H24N2O4. The van der Waals surface area contributed by atoms with Crippen molar-refractivity contribution in [3.8, 4) is 5.75 Å². The van der Waals surface area contributed by atoms with E-state index in [-0.39, 0.29) is 11.8 Å². The van der Waals surface area contributed by atoms with E-state index in [0.717, 1.165) is 0 Å². The molecule has 0 unspecified atom stereocenters. The maximum absolute atomic E-state index is 12.6. The number of anilines is 1. The first-order valence-corrected chi connectivity index (χ1v) is 9.17. The summed E-state index contributed by atoms with van der Waals surface area (Å²) >= 11 is 0. The lowest BCUT2D eigenvalue weighted by Crippen LogP contribution is -2.40. The monoisotopic (exact) mass is 368 g/mol. The number of amides is 2. The fourth-order valence-electron chi connectivity index (χ4n) is 2.89. The minimum Gasteiger partial charge on any atom is -0.481 e. The van der Waals surface area contributed by atoms with Crippen molar-refractivity contribution in [1.29, 1.82) is 0 Å². The van der Waals surface area contributed by atoms with Crippen LogP contribution in [0.4, 0.5) is 5.69 Å². The van der Waals surface area contributed by atoms with E-state index < -0.39 is 6.10 Å². The van der Waals surface area contributed by atoms with Crippen LogP contribution >= 0.6 is 0 Å². The molecule has 27 heavy (non-hydrogen) atoms. The third-order valence-corrected chi connectivity index (χ3v) is 4.36. The fraction of sp³-hybridized carbons (Fsp3) is 0.333. The second-order valence-electron chi connectivity index (χ2n) is 6.30. The van der Waals surface area contributed by atoms with Gasteiger partial charge >= 0.3 is 0 Å². The van der Waals surface area contributed by atoms with Gasteiger partial charge in [0.05, 0.1) is 13.2 Å². The first-order chi connectivity index (χ1) is 13.2. The first-order valence-electron chi connectivity index (χ1n) is 9.17. The zero-order chi connectivity index (χ0) is 19.1. The number of carbonyl (C=O) groups excluding carboxylic acids is 2. The summed E-state index contributed by atoms with van der Waals surface area (Å²) in [5, 5.41) is 2.85. The van der Waals surface area contributed by atoms with Gasteiger partial charge in [0.1, 0.15) is 5.75 Å². The Morgan fingerprint density at radius 3 is 2.56 bits per heavy atom. The van der Waals surface area contributed by atoms with Crippen LogP contribution in [0.15, 0.2) is 54.6 Å². The highest BCUT2D eigenvalue weighted by Gasteiger charge is 2.21. The van der Waals surface area contributed by atoms with Crippen molar-refractivity contribution in [2.45, 2.75) is 19.4 Å². The van der Waals surface area contributed by atoms with Gasteiger partial charge in [-0.3, -0.25) is 9.59 Å². The summed E-state index contributed by atoms with van der Waals surface area (Å²) in [6, 6.07) is 16.2. The van der Waals surface area contributed by atoms with E-state index in [9.17, 15) is 9.59 Å². The van der Waals surface area contributed by atoms with Gasteiger partial charge in [-0.15, -0.1) is 0 Å². The highest BCUT2D eigenvalue weighted by molar-refractivity contribution is 5.98. The quantitative estimate of drug-likeness (QED) is 0.851. The Bertz CT molecular complexity index is 773. The lowest BCUT2D eigenvalue weighted by atomic mass is 10.1. The molecule has 1 fully saturated rings. The SMILES string of the molecule is CC[C@@H](Oc1ccccc1)C(=O)Nc1cccc(C(=O)N2CCOCC2)c1. The summed E-state index contributed by atoms with van der Waals surface area (Å²) in [5.74, 6) is 0.357. The highest BCUT2D eigenvalue weighted by Crippen LogP contribution is 2.17. The van der Waals surface area contributed by atoms with E-state index >= 15 is 0 Å². The van der Waals surface area contributed by atoms with Crippen molar-refractivity contribution in [3.05, 3.63) is 60.2 Å². The van der Waals surface area contributed by atoms with Crippen molar-refractivity contribution in [2.24, 2.45) is 0 Å². The van der Waals surface area contributed by atoms with E-state index in [0.29, 0.717) is 49.7 Å². The molecule has 142 valence electrons. The Hall–Kier alpha value is -2.86. The number of morpholine rings is 1. The fourth-order valence-corrected chi connectivity index (χ4v) is 2.89. The number of carbonyl (C=O) groups is 2. The predicted octanol–water partition coefficient (Wildman–Crippen LogP) is 2.96. The van der Waals surface area contributed by atoms with Crippen molar-refractivity contribution in [3.63, 3.8) is 0 Å². The lowest BCUT2D eigenvalue weighted by Gasteiger charge is -2.27. The molecule has 3 rings (SSSR count). The average molecular weight is 368 g/mol.